The predicted octanol–water partition coefficient (Wildman–Crippen LogP) is 6.99. The number of ether oxygens (including phenoxy) is 2. The third-order valence-electron chi connectivity index (χ3n) is 7.58. The second kappa shape index (κ2) is 9.81. The van der Waals surface area contributed by atoms with E-state index in [-0.39, 0.29) is 26.4 Å². The van der Waals surface area contributed by atoms with Crippen molar-refractivity contribution in [1.29, 1.82) is 0 Å². The summed E-state index contributed by atoms with van der Waals surface area (Å²) in [6.07, 6.45) is 4.72. The van der Waals surface area contributed by atoms with E-state index in [1.54, 1.807) is 22.7 Å². The minimum absolute atomic E-state index is 0.0224. The first-order valence-electron chi connectivity index (χ1n) is 12.9. The van der Waals surface area contributed by atoms with Crippen LogP contribution < -0.4 is 9.47 Å². The van der Waals surface area contributed by atoms with Gasteiger partial charge in [0.25, 0.3) is 0 Å². The summed E-state index contributed by atoms with van der Waals surface area (Å²) >= 11 is 3.54. The lowest BCUT2D eigenvalue weighted by atomic mass is 9.61. The summed E-state index contributed by atoms with van der Waals surface area (Å²) < 4.78 is 12.7. The van der Waals surface area contributed by atoms with Gasteiger partial charge in [-0.1, -0.05) is 24.3 Å². The van der Waals surface area contributed by atoms with Gasteiger partial charge in [0.05, 0.1) is 18.6 Å². The van der Waals surface area contributed by atoms with Crippen molar-refractivity contribution in [2.24, 2.45) is 0 Å². The maximum absolute atomic E-state index is 9.22. The molecule has 0 fully saturated rings. The lowest BCUT2D eigenvalue weighted by Gasteiger charge is -2.40. The number of hydrogen-bond donors (Lipinski definition) is 2. The Balaban J connectivity index is 1.47. The minimum Gasteiger partial charge on any atom is -0.491 e. The first-order valence-corrected chi connectivity index (χ1v) is 14.7. The zero-order valence-electron chi connectivity index (χ0n) is 21.1. The lowest BCUT2D eigenvalue weighted by Crippen LogP contribution is -2.33. The Morgan fingerprint density at radius 2 is 1.33 bits per heavy atom. The molecule has 0 unspecified atom stereocenters. The van der Waals surface area contributed by atoms with Gasteiger partial charge in [-0.25, -0.2) is 0 Å². The Morgan fingerprint density at radius 1 is 0.692 bits per heavy atom. The molecule has 3 aromatic carbocycles. The van der Waals surface area contributed by atoms with Crippen LogP contribution in [0.4, 0.5) is 0 Å². The standard InChI is InChI=1S/C33H26O4S2/c34-11-13-36-25-5-1-23(2-6-25)33(24-3-7-26(8-4-24)37-14-12-35)29-10-16-39-32(29)20-28-27-17-21-9-15-38-31(21)19-22(27)18-30(28)33/h1-10,15-20,34-35H,11-14H2. The number of allylic oxidation sites excluding steroid dienone is 2. The van der Waals surface area contributed by atoms with Crippen LogP contribution in [-0.2, 0) is 5.41 Å². The molecule has 0 bridgehead atoms. The molecule has 2 N–H and O–H groups in total. The summed E-state index contributed by atoms with van der Waals surface area (Å²) in [4.78, 5) is 1.25. The third-order valence-corrected chi connectivity index (χ3v) is 9.32. The van der Waals surface area contributed by atoms with Gasteiger partial charge < -0.3 is 19.7 Å². The van der Waals surface area contributed by atoms with Crippen molar-refractivity contribution in [3.8, 4) is 11.5 Å². The van der Waals surface area contributed by atoms with Crippen molar-refractivity contribution in [2.45, 2.75) is 5.41 Å². The van der Waals surface area contributed by atoms with Crippen LogP contribution in [0.1, 0.15) is 32.7 Å². The summed E-state index contributed by atoms with van der Waals surface area (Å²) in [6.45, 7) is 0.481. The molecule has 2 aromatic heterocycles. The van der Waals surface area contributed by atoms with Crippen molar-refractivity contribution >= 4 is 50.5 Å². The van der Waals surface area contributed by atoms with E-state index in [4.69, 9.17) is 9.47 Å². The van der Waals surface area contributed by atoms with Crippen molar-refractivity contribution < 1.29 is 19.7 Å². The Bertz CT molecular complexity index is 1670. The molecule has 0 radical (unpaired) electrons. The first kappa shape index (κ1) is 24.4. The highest BCUT2D eigenvalue weighted by molar-refractivity contribution is 7.17. The molecule has 0 saturated carbocycles. The summed E-state index contributed by atoms with van der Waals surface area (Å²) in [5, 5.41) is 24.0. The topological polar surface area (TPSA) is 58.9 Å². The zero-order chi connectivity index (χ0) is 26.4. The Kier molecular flexibility index (Phi) is 6.13. The number of aliphatic hydroxyl groups is 2. The molecule has 0 amide bonds. The predicted molar refractivity (Wildman–Crippen MR) is 160 cm³/mol. The van der Waals surface area contributed by atoms with Crippen molar-refractivity contribution in [1.82, 2.24) is 0 Å². The Labute approximate surface area is 234 Å². The van der Waals surface area contributed by atoms with Crippen LogP contribution in [-0.4, -0.2) is 36.6 Å². The Morgan fingerprint density at radius 3 is 1.97 bits per heavy atom. The van der Waals surface area contributed by atoms with Crippen LogP contribution in [0.15, 0.2) is 89.1 Å². The van der Waals surface area contributed by atoms with Gasteiger partial charge in [0, 0.05) is 9.58 Å². The van der Waals surface area contributed by atoms with E-state index in [1.165, 1.54) is 42.8 Å². The second-order valence-corrected chi connectivity index (χ2v) is 11.6. The summed E-state index contributed by atoms with van der Waals surface area (Å²) in [5.74, 6) is 1.47. The molecule has 2 aliphatic carbocycles. The normalized spacial score (nSPS) is 14.8. The van der Waals surface area contributed by atoms with Gasteiger partial charge in [0.15, 0.2) is 0 Å². The third kappa shape index (κ3) is 3.86. The lowest BCUT2D eigenvalue weighted by molar-refractivity contribution is 0.201. The van der Waals surface area contributed by atoms with E-state index in [0.29, 0.717) is 0 Å². The second-order valence-electron chi connectivity index (χ2n) is 9.66. The van der Waals surface area contributed by atoms with Gasteiger partial charge >= 0.3 is 0 Å². The number of rotatable bonds is 8. The van der Waals surface area contributed by atoms with Gasteiger partial charge in [-0.2, -0.15) is 0 Å². The monoisotopic (exact) mass is 550 g/mol. The fourth-order valence-electron chi connectivity index (χ4n) is 5.96. The SMILES string of the molecule is OCCOc1ccc(C2(c3ccc(OCCO)cc3)C3=Cc4cc5sccc5cc4C3=Cc3sccc32)cc1. The molecule has 6 heteroatoms. The molecule has 2 aliphatic rings. The van der Waals surface area contributed by atoms with E-state index in [1.807, 2.05) is 24.3 Å². The van der Waals surface area contributed by atoms with E-state index >= 15 is 0 Å². The molecule has 0 aliphatic heterocycles. The van der Waals surface area contributed by atoms with Crippen molar-refractivity contribution in [2.75, 3.05) is 26.4 Å². The zero-order valence-corrected chi connectivity index (χ0v) is 22.7. The number of hydrogen-bond acceptors (Lipinski definition) is 6. The fraction of sp³-hybridized carbons (Fsp3) is 0.152. The fourth-order valence-corrected chi connectivity index (χ4v) is 7.66. The Hall–Kier alpha value is -3.68. The maximum atomic E-state index is 9.22. The van der Waals surface area contributed by atoms with Gasteiger partial charge in [-0.15, -0.1) is 22.7 Å². The molecule has 194 valence electrons. The van der Waals surface area contributed by atoms with E-state index in [9.17, 15) is 10.2 Å². The van der Waals surface area contributed by atoms with E-state index in [0.717, 1.165) is 22.6 Å². The smallest absolute Gasteiger partial charge is 0.119 e. The summed E-state index contributed by atoms with van der Waals surface area (Å²) in [5.41, 5.74) is 8.04. The molecule has 39 heavy (non-hydrogen) atoms. The van der Waals surface area contributed by atoms with Gasteiger partial charge in [-0.05, 0) is 116 Å². The van der Waals surface area contributed by atoms with Gasteiger partial charge in [-0.3, -0.25) is 0 Å². The quantitative estimate of drug-likeness (QED) is 0.219. The van der Waals surface area contributed by atoms with Crippen molar-refractivity contribution in [3.05, 3.63) is 122 Å². The number of thiophene rings is 2. The number of benzene rings is 3. The molecule has 0 atom stereocenters. The van der Waals surface area contributed by atoms with E-state index < -0.39 is 5.41 Å². The average molecular weight is 551 g/mol. The largest absolute Gasteiger partial charge is 0.491 e. The van der Waals surface area contributed by atoms with Crippen LogP contribution in [0.3, 0.4) is 0 Å². The number of aliphatic hydroxyl groups excluding tert-OH is 2. The average Bonchev–Trinajstić information content (AvgIpc) is 3.72. The highest BCUT2D eigenvalue weighted by Gasteiger charge is 2.47. The van der Waals surface area contributed by atoms with Crippen LogP contribution in [0.25, 0.3) is 27.8 Å². The molecule has 2 heterocycles. The molecular weight excluding hydrogens is 524 g/mol. The molecule has 7 rings (SSSR count). The minimum atomic E-state index is -0.545. The molecule has 0 saturated heterocycles. The highest BCUT2D eigenvalue weighted by Crippen LogP contribution is 2.59. The summed E-state index contributed by atoms with van der Waals surface area (Å²) in [7, 11) is 0. The molecule has 0 spiro atoms. The number of fused-ring (bicyclic) bond motifs is 5. The molecular formula is C33H26O4S2. The van der Waals surface area contributed by atoms with Gasteiger partial charge in [0.2, 0.25) is 0 Å². The first-order chi connectivity index (χ1) is 19.2. The highest BCUT2D eigenvalue weighted by atomic mass is 32.1. The van der Waals surface area contributed by atoms with Crippen LogP contribution >= 0.6 is 22.7 Å². The van der Waals surface area contributed by atoms with E-state index in [2.05, 4.69) is 71.4 Å². The van der Waals surface area contributed by atoms with Crippen LogP contribution in [0.2, 0.25) is 0 Å². The van der Waals surface area contributed by atoms with Crippen LogP contribution in [0.5, 0.6) is 11.5 Å². The summed E-state index contributed by atoms with van der Waals surface area (Å²) in [6, 6.07) is 25.7. The molecule has 5 aromatic rings. The maximum Gasteiger partial charge on any atom is 0.119 e. The van der Waals surface area contributed by atoms with Gasteiger partial charge in [0.1, 0.15) is 24.7 Å². The van der Waals surface area contributed by atoms with Crippen LogP contribution in [0, 0.1) is 0 Å². The van der Waals surface area contributed by atoms with Crippen molar-refractivity contribution in [3.63, 3.8) is 0 Å². The molecule has 4 nitrogen and oxygen atoms in total.